The van der Waals surface area contributed by atoms with E-state index in [1.807, 2.05) is 26.7 Å². The summed E-state index contributed by atoms with van der Waals surface area (Å²) < 4.78 is 3.95. The van der Waals surface area contributed by atoms with Crippen molar-refractivity contribution in [3.8, 4) is 0 Å². The third-order valence-corrected chi connectivity index (χ3v) is 5.21. The molecular formula is C18H30N8O. The van der Waals surface area contributed by atoms with E-state index in [0.717, 1.165) is 51.3 Å². The van der Waals surface area contributed by atoms with Crippen molar-refractivity contribution in [1.82, 2.24) is 40.0 Å². The highest BCUT2D eigenvalue weighted by molar-refractivity contribution is 5.73. The maximum Gasteiger partial charge on any atom is 0.219 e. The molecule has 9 nitrogen and oxygen atoms in total. The normalized spacial score (nSPS) is 20.4. The van der Waals surface area contributed by atoms with Gasteiger partial charge in [0.05, 0.1) is 11.9 Å². The summed E-state index contributed by atoms with van der Waals surface area (Å²) in [7, 11) is 0. The number of aryl methyl sites for hydroxylation is 1. The largest absolute Gasteiger partial charge is 0.341 e. The summed E-state index contributed by atoms with van der Waals surface area (Å²) in [5.74, 6) is 1.50. The van der Waals surface area contributed by atoms with Crippen molar-refractivity contribution >= 4 is 5.91 Å². The van der Waals surface area contributed by atoms with Crippen molar-refractivity contribution in [3.63, 3.8) is 0 Å². The fraction of sp³-hybridized carbons (Fsp3) is 0.722. The first-order chi connectivity index (χ1) is 13.0. The van der Waals surface area contributed by atoms with Crippen molar-refractivity contribution < 1.29 is 4.79 Å². The fourth-order valence-electron chi connectivity index (χ4n) is 3.65. The van der Waals surface area contributed by atoms with Gasteiger partial charge in [-0.3, -0.25) is 4.79 Å². The Morgan fingerprint density at radius 3 is 2.93 bits per heavy atom. The maximum absolute atomic E-state index is 12.0. The lowest BCUT2D eigenvalue weighted by atomic mass is 9.87. The molecule has 2 aromatic heterocycles. The molecule has 1 saturated heterocycles. The van der Waals surface area contributed by atoms with Crippen LogP contribution in [0.5, 0.6) is 0 Å². The van der Waals surface area contributed by atoms with Crippen LogP contribution in [0.15, 0.2) is 18.7 Å². The van der Waals surface area contributed by atoms with Crippen LogP contribution in [0.25, 0.3) is 0 Å². The molecule has 2 aromatic rings. The van der Waals surface area contributed by atoms with Gasteiger partial charge in [0, 0.05) is 52.0 Å². The fourth-order valence-corrected chi connectivity index (χ4v) is 3.65. The van der Waals surface area contributed by atoms with E-state index in [0.29, 0.717) is 12.5 Å². The van der Waals surface area contributed by atoms with Gasteiger partial charge in [-0.05, 0) is 35.6 Å². The molecule has 0 saturated carbocycles. The third-order valence-electron chi connectivity index (χ3n) is 5.21. The number of carbonyl (C=O) groups excluding carboxylic acids is 1. The van der Waals surface area contributed by atoms with Crippen LogP contribution in [-0.2, 0) is 23.4 Å². The first kappa shape index (κ1) is 19.5. The van der Waals surface area contributed by atoms with E-state index in [9.17, 15) is 4.79 Å². The van der Waals surface area contributed by atoms with Crippen LogP contribution in [0.1, 0.15) is 45.9 Å². The number of imidazole rings is 1. The molecule has 1 aliphatic rings. The topological polar surface area (TPSA) is 93.8 Å². The molecule has 0 radical (unpaired) electrons. The predicted octanol–water partition coefficient (Wildman–Crippen LogP) is 1.04. The van der Waals surface area contributed by atoms with Crippen molar-refractivity contribution in [2.24, 2.45) is 5.92 Å². The first-order valence-electron chi connectivity index (χ1n) is 9.73. The van der Waals surface area contributed by atoms with Gasteiger partial charge in [0.25, 0.3) is 0 Å². The van der Waals surface area contributed by atoms with Crippen LogP contribution in [0.3, 0.4) is 0 Å². The molecule has 148 valence electrons. The summed E-state index contributed by atoms with van der Waals surface area (Å²) in [6.45, 7) is 9.73. The molecule has 0 bridgehead atoms. The lowest BCUT2D eigenvalue weighted by molar-refractivity contribution is -0.131. The number of aromatic nitrogens is 6. The van der Waals surface area contributed by atoms with E-state index < -0.39 is 5.54 Å². The van der Waals surface area contributed by atoms with Gasteiger partial charge in [0.2, 0.25) is 5.91 Å². The van der Waals surface area contributed by atoms with Crippen LogP contribution in [0.2, 0.25) is 0 Å². The standard InChI is InChI=1S/C18H30N8O/c1-15(2)5-10-26-17(21-22-23-26)18(6-4-9-25(13-18)16(3)27)20-8-12-24-11-7-19-14-24/h7,11,14-15,20H,4-6,8-10,12-13H2,1-3H3. The smallest absolute Gasteiger partial charge is 0.219 e. The van der Waals surface area contributed by atoms with Crippen molar-refractivity contribution in [3.05, 3.63) is 24.5 Å². The number of nitrogens with zero attached hydrogens (tertiary/aromatic N) is 7. The Morgan fingerprint density at radius 1 is 1.37 bits per heavy atom. The van der Waals surface area contributed by atoms with Gasteiger partial charge in [-0.25, -0.2) is 9.67 Å². The Balaban J connectivity index is 1.81. The van der Waals surface area contributed by atoms with Gasteiger partial charge in [-0.2, -0.15) is 0 Å². The average molecular weight is 374 g/mol. The van der Waals surface area contributed by atoms with Gasteiger partial charge in [-0.15, -0.1) is 5.10 Å². The predicted molar refractivity (Wildman–Crippen MR) is 101 cm³/mol. The number of hydrogen-bond donors (Lipinski definition) is 1. The van der Waals surface area contributed by atoms with Crippen LogP contribution in [0, 0.1) is 5.92 Å². The van der Waals surface area contributed by atoms with Crippen LogP contribution < -0.4 is 5.32 Å². The number of hydrogen-bond acceptors (Lipinski definition) is 6. The number of likely N-dealkylation sites (tertiary alicyclic amines) is 1. The van der Waals surface area contributed by atoms with Crippen molar-refractivity contribution in [2.45, 2.75) is 58.7 Å². The lowest BCUT2D eigenvalue weighted by Gasteiger charge is -2.42. The second-order valence-corrected chi connectivity index (χ2v) is 7.76. The lowest BCUT2D eigenvalue weighted by Crippen LogP contribution is -2.57. The molecule has 1 unspecified atom stereocenters. The monoisotopic (exact) mass is 374 g/mol. The Labute approximate surface area is 160 Å². The number of carbonyl (C=O) groups is 1. The summed E-state index contributed by atoms with van der Waals surface area (Å²) in [6.07, 6.45) is 8.38. The highest BCUT2D eigenvalue weighted by Gasteiger charge is 2.42. The number of piperidine rings is 1. The van der Waals surface area contributed by atoms with Crippen LogP contribution in [-0.4, -0.2) is 60.2 Å². The van der Waals surface area contributed by atoms with Crippen molar-refractivity contribution in [2.75, 3.05) is 19.6 Å². The molecule has 1 fully saturated rings. The quantitative estimate of drug-likeness (QED) is 0.742. The SMILES string of the molecule is CC(=O)N1CCCC(NCCn2ccnc2)(c2nnnn2CCC(C)C)C1. The van der Waals surface area contributed by atoms with Gasteiger partial charge >= 0.3 is 0 Å². The minimum atomic E-state index is -0.426. The van der Waals surface area contributed by atoms with E-state index in [1.54, 1.807) is 13.1 Å². The average Bonchev–Trinajstić information content (AvgIpc) is 3.32. The zero-order valence-electron chi connectivity index (χ0n) is 16.5. The van der Waals surface area contributed by atoms with Crippen LogP contribution in [0.4, 0.5) is 0 Å². The Kier molecular flexibility index (Phi) is 6.20. The van der Waals surface area contributed by atoms with Gasteiger partial charge < -0.3 is 14.8 Å². The number of amides is 1. The summed E-state index contributed by atoms with van der Waals surface area (Å²) in [5.41, 5.74) is -0.426. The van der Waals surface area contributed by atoms with E-state index in [1.165, 1.54) is 0 Å². The first-order valence-corrected chi connectivity index (χ1v) is 9.73. The molecule has 0 spiro atoms. The molecule has 9 heteroatoms. The number of rotatable bonds is 8. The summed E-state index contributed by atoms with van der Waals surface area (Å²) in [6, 6.07) is 0. The van der Waals surface area contributed by atoms with E-state index in [4.69, 9.17) is 0 Å². The molecule has 3 heterocycles. The van der Waals surface area contributed by atoms with Crippen LogP contribution >= 0.6 is 0 Å². The summed E-state index contributed by atoms with van der Waals surface area (Å²) >= 11 is 0. The number of nitrogens with one attached hydrogen (secondary N) is 1. The Hall–Kier alpha value is -2.29. The van der Waals surface area contributed by atoms with Gasteiger partial charge in [0.1, 0.15) is 0 Å². The van der Waals surface area contributed by atoms with E-state index in [2.05, 4.69) is 39.7 Å². The summed E-state index contributed by atoms with van der Waals surface area (Å²) in [5, 5.41) is 16.3. The highest BCUT2D eigenvalue weighted by atomic mass is 16.2. The highest BCUT2D eigenvalue weighted by Crippen LogP contribution is 2.30. The maximum atomic E-state index is 12.0. The molecule has 1 atom stereocenters. The molecule has 1 N–H and O–H groups in total. The van der Waals surface area contributed by atoms with Crippen molar-refractivity contribution in [1.29, 1.82) is 0 Å². The second-order valence-electron chi connectivity index (χ2n) is 7.76. The Morgan fingerprint density at radius 2 is 2.22 bits per heavy atom. The van der Waals surface area contributed by atoms with Gasteiger partial charge in [-0.1, -0.05) is 13.8 Å². The molecule has 0 aliphatic carbocycles. The molecule has 3 rings (SSSR count). The zero-order valence-corrected chi connectivity index (χ0v) is 16.5. The third kappa shape index (κ3) is 4.71. The van der Waals surface area contributed by atoms with Gasteiger partial charge in [0.15, 0.2) is 5.82 Å². The zero-order chi connectivity index (χ0) is 19.3. The number of tetrazole rings is 1. The molecule has 27 heavy (non-hydrogen) atoms. The van der Waals surface area contributed by atoms with E-state index in [-0.39, 0.29) is 5.91 Å². The Bertz CT molecular complexity index is 726. The molecule has 0 aromatic carbocycles. The molecule has 1 aliphatic heterocycles. The minimum Gasteiger partial charge on any atom is -0.341 e. The van der Waals surface area contributed by atoms with E-state index >= 15 is 0 Å². The molecular weight excluding hydrogens is 344 g/mol. The minimum absolute atomic E-state index is 0.0942. The summed E-state index contributed by atoms with van der Waals surface area (Å²) in [4.78, 5) is 18.0. The molecule has 1 amide bonds. The second kappa shape index (κ2) is 8.60.